The van der Waals surface area contributed by atoms with Gasteiger partial charge < -0.3 is 8.97 Å². The highest BCUT2D eigenvalue weighted by Gasteiger charge is 2.45. The number of hydrogen-bond acceptors (Lipinski definition) is 0. The van der Waals surface area contributed by atoms with Crippen molar-refractivity contribution in [3.05, 3.63) is 25.3 Å². The van der Waals surface area contributed by atoms with Crippen LogP contribution in [0.5, 0.6) is 0 Å². The normalized spacial score (nSPS) is 13.2. The van der Waals surface area contributed by atoms with E-state index in [0.29, 0.717) is 0 Å². The van der Waals surface area contributed by atoms with Crippen LogP contribution in [-0.4, -0.2) is 63.3 Å². The van der Waals surface area contributed by atoms with Crippen LogP contribution in [0, 0.1) is 10.8 Å². The summed E-state index contributed by atoms with van der Waals surface area (Å²) in [7, 11) is 9.18. The zero-order chi connectivity index (χ0) is 18.2. The minimum absolute atomic E-state index is 0.260. The summed E-state index contributed by atoms with van der Waals surface area (Å²) in [6.45, 7) is 25.8. The molecule has 0 aliphatic heterocycles. The summed E-state index contributed by atoms with van der Waals surface area (Å²) in [5.41, 5.74) is 0.520. The van der Waals surface area contributed by atoms with Crippen molar-refractivity contribution in [1.82, 2.24) is 0 Å². The zero-order valence-corrected chi connectivity index (χ0v) is 17.3. The molecule has 132 valence electrons. The van der Waals surface area contributed by atoms with Crippen LogP contribution in [0.4, 0.5) is 0 Å². The molecular formula is C20H44N2+2. The summed E-state index contributed by atoms with van der Waals surface area (Å²) >= 11 is 0. The molecule has 0 aliphatic rings. The van der Waals surface area contributed by atoms with E-state index in [9.17, 15) is 0 Å². The quantitative estimate of drug-likeness (QED) is 0.431. The Kier molecular flexibility index (Phi) is 9.55. The van der Waals surface area contributed by atoms with Crippen LogP contribution in [0.15, 0.2) is 25.3 Å². The molecule has 0 saturated carbocycles. The van der Waals surface area contributed by atoms with Crippen LogP contribution >= 0.6 is 0 Å². The molecule has 0 fully saturated rings. The van der Waals surface area contributed by atoms with Gasteiger partial charge in [0, 0.05) is 10.8 Å². The highest BCUT2D eigenvalue weighted by atomic mass is 15.3. The number of hydrogen-bond donors (Lipinski definition) is 0. The zero-order valence-electron chi connectivity index (χ0n) is 17.3. The first-order valence-corrected chi connectivity index (χ1v) is 8.64. The summed E-state index contributed by atoms with van der Waals surface area (Å²) in [4.78, 5) is 0. The van der Waals surface area contributed by atoms with Gasteiger partial charge in [-0.25, -0.2) is 0 Å². The Balaban J connectivity index is 0. The largest absolute Gasteiger partial charge is 0.325 e. The lowest BCUT2D eigenvalue weighted by Gasteiger charge is -2.48. The van der Waals surface area contributed by atoms with Crippen LogP contribution in [-0.2, 0) is 0 Å². The molecule has 0 aliphatic carbocycles. The maximum Gasteiger partial charge on any atom is 0.0967 e. The molecule has 0 atom stereocenters. The third-order valence-electron chi connectivity index (χ3n) is 4.73. The molecule has 0 unspecified atom stereocenters. The van der Waals surface area contributed by atoms with Crippen LogP contribution in [0.2, 0.25) is 0 Å². The van der Waals surface area contributed by atoms with E-state index in [1.807, 2.05) is 26.0 Å². The SMILES string of the molecule is C=CC[N+](C)(C)CC(C)(C)C(C)(C)C[N+](C)(C)CC=C.CC. The molecule has 0 aromatic heterocycles. The van der Waals surface area contributed by atoms with Crippen molar-refractivity contribution >= 4 is 0 Å². The lowest BCUT2D eigenvalue weighted by atomic mass is 9.66. The van der Waals surface area contributed by atoms with E-state index in [1.165, 1.54) is 0 Å². The fraction of sp³-hybridized carbons (Fsp3) is 0.800. The summed E-state index contributed by atoms with van der Waals surface area (Å²) < 4.78 is 1.99. The van der Waals surface area contributed by atoms with Crippen molar-refractivity contribution in [3.63, 3.8) is 0 Å². The van der Waals surface area contributed by atoms with Gasteiger partial charge in [-0.1, -0.05) is 54.7 Å². The third-order valence-corrected chi connectivity index (χ3v) is 4.73. The van der Waals surface area contributed by atoms with Gasteiger partial charge in [0.25, 0.3) is 0 Å². The van der Waals surface area contributed by atoms with Crippen molar-refractivity contribution < 1.29 is 8.97 Å². The number of nitrogens with zero attached hydrogens (tertiary/aromatic N) is 2. The second-order valence-electron chi connectivity index (χ2n) is 8.90. The number of rotatable bonds is 9. The monoisotopic (exact) mass is 312 g/mol. The molecule has 0 N–H and O–H groups in total. The standard InChI is InChI=1S/C18H38N2.C2H6/c1-11-13-19(7,8)15-17(3,4)18(5,6)16-20(9,10)14-12-2;1-2/h11-12H,1-2,13-16H2,3-10H3;1-2H3/q+2;. The van der Waals surface area contributed by atoms with Gasteiger partial charge in [-0.3, -0.25) is 0 Å². The Morgan fingerprint density at radius 3 is 1.09 bits per heavy atom. The Morgan fingerprint density at radius 2 is 0.909 bits per heavy atom. The molecule has 0 spiro atoms. The van der Waals surface area contributed by atoms with Crippen LogP contribution in [0.3, 0.4) is 0 Å². The molecule has 0 heterocycles. The molecule has 0 radical (unpaired) electrons. The molecule has 0 rings (SSSR count). The minimum atomic E-state index is 0.260. The number of quaternary nitrogens is 2. The van der Waals surface area contributed by atoms with Gasteiger partial charge in [-0.2, -0.15) is 0 Å². The Hall–Kier alpha value is -0.600. The van der Waals surface area contributed by atoms with E-state index in [4.69, 9.17) is 0 Å². The highest BCUT2D eigenvalue weighted by Crippen LogP contribution is 2.41. The molecule has 0 bridgehead atoms. The molecule has 0 aromatic rings. The first kappa shape index (κ1) is 23.7. The summed E-state index contributed by atoms with van der Waals surface area (Å²) in [5, 5.41) is 0. The van der Waals surface area contributed by atoms with Crippen molar-refractivity contribution in [3.8, 4) is 0 Å². The number of likely N-dealkylation sites (N-methyl/N-ethyl adjacent to an activating group) is 2. The van der Waals surface area contributed by atoms with Crippen molar-refractivity contribution in [1.29, 1.82) is 0 Å². The second kappa shape index (κ2) is 8.88. The van der Waals surface area contributed by atoms with Gasteiger partial charge in [0.1, 0.15) is 0 Å². The van der Waals surface area contributed by atoms with Crippen molar-refractivity contribution in [2.75, 3.05) is 54.4 Å². The molecule has 2 nitrogen and oxygen atoms in total. The van der Waals surface area contributed by atoms with E-state index < -0.39 is 0 Å². The first-order chi connectivity index (χ1) is 9.79. The van der Waals surface area contributed by atoms with Gasteiger partial charge in [0.15, 0.2) is 0 Å². The molecule has 0 aromatic carbocycles. The summed E-state index contributed by atoms with van der Waals surface area (Å²) in [6.07, 6.45) is 4.06. The molecule has 22 heavy (non-hydrogen) atoms. The topological polar surface area (TPSA) is 0 Å². The van der Waals surface area contributed by atoms with E-state index in [0.717, 1.165) is 35.1 Å². The maximum absolute atomic E-state index is 3.89. The maximum atomic E-state index is 3.89. The van der Waals surface area contributed by atoms with E-state index in [2.05, 4.69) is 69.0 Å². The van der Waals surface area contributed by atoms with Crippen molar-refractivity contribution in [2.45, 2.75) is 41.5 Å². The van der Waals surface area contributed by atoms with Gasteiger partial charge in [-0.15, -0.1) is 0 Å². The molecular weight excluding hydrogens is 268 g/mol. The Bertz CT molecular complexity index is 302. The lowest BCUT2D eigenvalue weighted by molar-refractivity contribution is -0.902. The van der Waals surface area contributed by atoms with Crippen LogP contribution in [0.1, 0.15) is 41.5 Å². The fourth-order valence-electron chi connectivity index (χ4n) is 3.40. The van der Waals surface area contributed by atoms with Crippen molar-refractivity contribution in [2.24, 2.45) is 10.8 Å². The van der Waals surface area contributed by atoms with Gasteiger partial charge >= 0.3 is 0 Å². The molecule has 2 heteroatoms. The Labute approximate surface area is 141 Å². The lowest BCUT2D eigenvalue weighted by Crippen LogP contribution is -2.56. The van der Waals surface area contributed by atoms with Crippen LogP contribution in [0.25, 0.3) is 0 Å². The van der Waals surface area contributed by atoms with E-state index in [-0.39, 0.29) is 10.8 Å². The van der Waals surface area contributed by atoms with Gasteiger partial charge in [-0.05, 0) is 12.2 Å². The third kappa shape index (κ3) is 8.14. The molecule has 0 amide bonds. The van der Waals surface area contributed by atoms with Gasteiger partial charge in [0.2, 0.25) is 0 Å². The second-order valence-corrected chi connectivity index (χ2v) is 8.90. The minimum Gasteiger partial charge on any atom is -0.325 e. The highest BCUT2D eigenvalue weighted by molar-refractivity contribution is 4.87. The smallest absolute Gasteiger partial charge is 0.0967 e. The summed E-state index contributed by atoms with van der Waals surface area (Å²) in [5.74, 6) is 0. The van der Waals surface area contributed by atoms with E-state index >= 15 is 0 Å². The van der Waals surface area contributed by atoms with Gasteiger partial charge in [0.05, 0.1) is 54.4 Å². The predicted octanol–water partition coefficient (Wildman–Crippen LogP) is 4.59. The average Bonchev–Trinajstić information content (AvgIpc) is 2.27. The molecule has 0 saturated heterocycles. The van der Waals surface area contributed by atoms with Crippen LogP contribution < -0.4 is 0 Å². The Morgan fingerprint density at radius 1 is 0.682 bits per heavy atom. The summed E-state index contributed by atoms with van der Waals surface area (Å²) in [6, 6.07) is 0. The first-order valence-electron chi connectivity index (χ1n) is 8.64. The average molecular weight is 313 g/mol. The van der Waals surface area contributed by atoms with E-state index in [1.54, 1.807) is 0 Å². The fourth-order valence-corrected chi connectivity index (χ4v) is 3.40. The predicted molar refractivity (Wildman–Crippen MR) is 103 cm³/mol.